The van der Waals surface area contributed by atoms with E-state index in [0.29, 0.717) is 12.1 Å². The molecule has 4 nitrogen and oxygen atoms in total. The zero-order valence-corrected chi connectivity index (χ0v) is 18.3. The molecule has 2 aromatic rings. The predicted octanol–water partition coefficient (Wildman–Crippen LogP) is 6.19. The summed E-state index contributed by atoms with van der Waals surface area (Å²) in [4.78, 5) is -0.564. The lowest BCUT2D eigenvalue weighted by Crippen LogP contribution is -2.57. The van der Waals surface area contributed by atoms with Crippen LogP contribution in [-0.2, 0) is 20.4 Å². The van der Waals surface area contributed by atoms with Crippen LogP contribution in [0.2, 0.25) is 0 Å². The largest absolute Gasteiger partial charge is 0.430 e. The van der Waals surface area contributed by atoms with Gasteiger partial charge in [-0.1, -0.05) is 30.3 Å². The Balaban J connectivity index is 2.68. The van der Waals surface area contributed by atoms with Crippen LogP contribution in [0.4, 0.5) is 45.2 Å². The van der Waals surface area contributed by atoms with Crippen LogP contribution in [-0.4, -0.2) is 39.6 Å². The molecule has 0 saturated heterocycles. The summed E-state index contributed by atoms with van der Waals surface area (Å²) in [7, 11) is -4.87. The molecule has 0 radical (unpaired) electrons. The fourth-order valence-electron chi connectivity index (χ4n) is 3.10. The summed E-state index contributed by atoms with van der Waals surface area (Å²) < 4.78 is 151. The van der Waals surface area contributed by atoms with Crippen LogP contribution in [0.5, 0.6) is 0 Å². The van der Waals surface area contributed by atoms with Gasteiger partial charge in [-0.25, -0.2) is 8.42 Å². The maximum atomic E-state index is 13.7. The Kier molecular flexibility index (Phi) is 7.58. The van der Waals surface area contributed by atoms with E-state index in [4.69, 9.17) is 0 Å². The first kappa shape index (κ1) is 27.8. The van der Waals surface area contributed by atoms with Crippen molar-refractivity contribution in [2.75, 3.05) is 10.8 Å². The van der Waals surface area contributed by atoms with Gasteiger partial charge < -0.3 is 4.74 Å². The van der Waals surface area contributed by atoms with Crippen LogP contribution in [0.25, 0.3) is 0 Å². The number of alkyl halides is 9. The fourth-order valence-corrected chi connectivity index (χ4v) is 4.57. The molecule has 0 saturated carbocycles. The molecule has 2 rings (SSSR count). The van der Waals surface area contributed by atoms with Crippen LogP contribution < -0.4 is 4.31 Å². The highest BCUT2D eigenvalue weighted by molar-refractivity contribution is 7.92. The molecule has 0 aromatic heterocycles. The van der Waals surface area contributed by atoms with Gasteiger partial charge in [-0.05, 0) is 38.1 Å². The number of benzene rings is 2. The highest BCUT2D eigenvalue weighted by atomic mass is 32.2. The summed E-state index contributed by atoms with van der Waals surface area (Å²) in [5.41, 5.74) is -7.07. The van der Waals surface area contributed by atoms with E-state index in [2.05, 4.69) is 4.74 Å². The molecule has 0 amide bonds. The quantitative estimate of drug-likeness (QED) is 0.407. The van der Waals surface area contributed by atoms with Crippen molar-refractivity contribution in [2.24, 2.45) is 0 Å². The van der Waals surface area contributed by atoms with E-state index in [1.807, 2.05) is 0 Å². The standard InChI is InChI=1S/C20H18F9NO3S/c1-13(2)33-18(19(24,25)26,20(27,28)29)14-8-10-15(11-9-14)30(12-17(21,22)23)34(31,32)16-6-4-3-5-7-16/h3-11,13H,12H2,1-2H3. The molecule has 0 bridgehead atoms. The molecule has 34 heavy (non-hydrogen) atoms. The zero-order chi connectivity index (χ0) is 26.2. The number of hydrogen-bond donors (Lipinski definition) is 0. The Labute approximate surface area is 189 Å². The van der Waals surface area contributed by atoms with Crippen molar-refractivity contribution in [2.45, 2.75) is 49.0 Å². The molecule has 0 atom stereocenters. The van der Waals surface area contributed by atoms with E-state index < -0.39 is 62.9 Å². The summed E-state index contributed by atoms with van der Waals surface area (Å²) in [6.07, 6.45) is -18.6. The summed E-state index contributed by atoms with van der Waals surface area (Å²) in [6.45, 7) is -0.189. The Hall–Kier alpha value is -2.48. The molecule has 0 aliphatic carbocycles. The SMILES string of the molecule is CC(C)OC(c1ccc(N(CC(F)(F)F)S(=O)(=O)c2ccccc2)cc1)(C(F)(F)F)C(F)(F)F. The molecule has 14 heteroatoms. The second-order valence-corrected chi connectivity index (χ2v) is 9.19. The normalized spacial score (nSPS) is 13.9. The number of anilines is 1. The molecule has 0 aliphatic rings. The number of rotatable bonds is 7. The maximum Gasteiger partial charge on any atom is 0.430 e. The van der Waals surface area contributed by atoms with Gasteiger partial charge in [0.05, 0.1) is 16.7 Å². The number of sulfonamides is 1. The average molecular weight is 523 g/mol. The van der Waals surface area contributed by atoms with Gasteiger partial charge in [-0.3, -0.25) is 4.31 Å². The topological polar surface area (TPSA) is 46.6 Å². The highest BCUT2D eigenvalue weighted by Crippen LogP contribution is 2.53. The van der Waals surface area contributed by atoms with E-state index in [0.717, 1.165) is 26.0 Å². The molecular weight excluding hydrogens is 505 g/mol. The van der Waals surface area contributed by atoms with E-state index in [1.54, 1.807) is 0 Å². The van der Waals surface area contributed by atoms with Gasteiger partial charge >= 0.3 is 18.5 Å². The van der Waals surface area contributed by atoms with Crippen molar-refractivity contribution in [3.63, 3.8) is 0 Å². The molecule has 0 heterocycles. The van der Waals surface area contributed by atoms with E-state index >= 15 is 0 Å². The molecule has 2 aromatic carbocycles. The number of hydrogen-bond acceptors (Lipinski definition) is 3. The highest BCUT2D eigenvalue weighted by Gasteiger charge is 2.73. The molecule has 0 fully saturated rings. The lowest BCUT2D eigenvalue weighted by molar-refractivity contribution is -0.396. The van der Waals surface area contributed by atoms with Crippen molar-refractivity contribution >= 4 is 15.7 Å². The van der Waals surface area contributed by atoms with Gasteiger partial charge in [0.2, 0.25) is 0 Å². The van der Waals surface area contributed by atoms with Gasteiger partial charge in [0.1, 0.15) is 6.54 Å². The van der Waals surface area contributed by atoms with Crippen molar-refractivity contribution in [3.8, 4) is 0 Å². The zero-order valence-electron chi connectivity index (χ0n) is 17.5. The summed E-state index contributed by atoms with van der Waals surface area (Å²) in [5, 5.41) is 0. The van der Waals surface area contributed by atoms with E-state index in [-0.39, 0.29) is 16.4 Å². The Morgan fingerprint density at radius 2 is 1.26 bits per heavy atom. The lowest BCUT2D eigenvalue weighted by atomic mass is 9.91. The average Bonchev–Trinajstić information content (AvgIpc) is 2.68. The molecule has 0 aliphatic heterocycles. The third-order valence-electron chi connectivity index (χ3n) is 4.43. The smallest absolute Gasteiger partial charge is 0.351 e. The van der Waals surface area contributed by atoms with Crippen molar-refractivity contribution in [1.29, 1.82) is 0 Å². The number of nitrogens with zero attached hydrogens (tertiary/aromatic N) is 1. The molecule has 0 unspecified atom stereocenters. The predicted molar refractivity (Wildman–Crippen MR) is 103 cm³/mol. The minimum Gasteiger partial charge on any atom is -0.351 e. The monoisotopic (exact) mass is 523 g/mol. The minimum atomic E-state index is -6.00. The minimum absolute atomic E-state index is 0.154. The third-order valence-corrected chi connectivity index (χ3v) is 6.21. The molecule has 190 valence electrons. The molecular formula is C20H18F9NO3S. The Bertz CT molecular complexity index is 1050. The molecule has 0 N–H and O–H groups in total. The third kappa shape index (κ3) is 5.59. The van der Waals surface area contributed by atoms with Gasteiger partial charge in [-0.15, -0.1) is 0 Å². The lowest BCUT2D eigenvalue weighted by Gasteiger charge is -2.39. The van der Waals surface area contributed by atoms with Crippen LogP contribution in [0.15, 0.2) is 59.5 Å². The summed E-state index contributed by atoms with van der Waals surface area (Å²) in [5.74, 6) is 0. The molecule has 0 spiro atoms. The first-order valence-corrected chi connectivity index (χ1v) is 10.8. The maximum absolute atomic E-state index is 13.7. The van der Waals surface area contributed by atoms with Gasteiger partial charge in [0.15, 0.2) is 0 Å². The van der Waals surface area contributed by atoms with E-state index in [9.17, 15) is 47.9 Å². The van der Waals surface area contributed by atoms with Crippen molar-refractivity contribution in [1.82, 2.24) is 0 Å². The van der Waals surface area contributed by atoms with Crippen molar-refractivity contribution < 1.29 is 52.7 Å². The first-order valence-electron chi connectivity index (χ1n) is 9.39. The van der Waals surface area contributed by atoms with Crippen LogP contribution >= 0.6 is 0 Å². The van der Waals surface area contributed by atoms with Crippen molar-refractivity contribution in [3.05, 3.63) is 60.2 Å². The summed E-state index contributed by atoms with van der Waals surface area (Å²) in [6, 6.07) is 7.16. The first-order chi connectivity index (χ1) is 15.3. The van der Waals surface area contributed by atoms with Gasteiger partial charge in [0, 0.05) is 5.56 Å². The fraction of sp³-hybridized carbons (Fsp3) is 0.400. The second-order valence-electron chi connectivity index (χ2n) is 7.33. The number of halogens is 9. The van der Waals surface area contributed by atoms with Crippen LogP contribution in [0.1, 0.15) is 19.4 Å². The van der Waals surface area contributed by atoms with Crippen LogP contribution in [0, 0.1) is 0 Å². The van der Waals surface area contributed by atoms with Gasteiger partial charge in [-0.2, -0.15) is 39.5 Å². The Morgan fingerprint density at radius 1 is 0.794 bits per heavy atom. The Morgan fingerprint density at radius 3 is 1.65 bits per heavy atom. The van der Waals surface area contributed by atoms with Crippen LogP contribution in [0.3, 0.4) is 0 Å². The second kappa shape index (κ2) is 9.29. The van der Waals surface area contributed by atoms with E-state index in [1.165, 1.54) is 18.2 Å². The summed E-state index contributed by atoms with van der Waals surface area (Å²) >= 11 is 0. The van der Waals surface area contributed by atoms with Gasteiger partial charge in [0.25, 0.3) is 15.6 Å². The number of ether oxygens (including phenoxy) is 1.